The Morgan fingerprint density at radius 3 is 2.49 bits per heavy atom. The molecule has 0 atom stereocenters. The van der Waals surface area contributed by atoms with Gasteiger partial charge in [-0.15, -0.1) is 0 Å². The van der Waals surface area contributed by atoms with Crippen molar-refractivity contribution >= 4 is 34.7 Å². The Balaban J connectivity index is 1.19. The van der Waals surface area contributed by atoms with E-state index >= 15 is 0 Å². The zero-order valence-electron chi connectivity index (χ0n) is 23.8. The van der Waals surface area contributed by atoms with Crippen molar-refractivity contribution in [3.63, 3.8) is 0 Å². The van der Waals surface area contributed by atoms with E-state index in [0.29, 0.717) is 44.8 Å². The molecular weight excluding hydrogens is 518 g/mol. The molecule has 0 bridgehead atoms. The van der Waals surface area contributed by atoms with Gasteiger partial charge in [0.05, 0.1) is 39.2 Å². The van der Waals surface area contributed by atoms with Gasteiger partial charge in [0.25, 0.3) is 0 Å². The van der Waals surface area contributed by atoms with Crippen LogP contribution in [0.4, 0.5) is 17.6 Å². The van der Waals surface area contributed by atoms with Gasteiger partial charge in [-0.05, 0) is 37.1 Å². The monoisotopic (exact) mass is 555 g/mol. The van der Waals surface area contributed by atoms with Gasteiger partial charge >= 0.3 is 0 Å². The van der Waals surface area contributed by atoms with Crippen LogP contribution in [-0.4, -0.2) is 80.0 Å². The van der Waals surface area contributed by atoms with Crippen LogP contribution in [0.2, 0.25) is 0 Å². The van der Waals surface area contributed by atoms with E-state index in [-0.39, 0.29) is 0 Å². The first-order chi connectivity index (χ1) is 20.1. The summed E-state index contributed by atoms with van der Waals surface area (Å²) in [5, 5.41) is 5.74. The zero-order valence-corrected chi connectivity index (χ0v) is 23.8. The Hall–Kier alpha value is -4.15. The number of anilines is 3. The number of rotatable bonds is 9. The second-order valence-electron chi connectivity index (χ2n) is 10.4. The number of nitrogens with one attached hydrogen (secondary N) is 1. The van der Waals surface area contributed by atoms with Crippen LogP contribution >= 0.6 is 0 Å². The standard InChI is InChI=1S/C31H37N7O3/c1-23-7-8-24(2)28(19-23)41-18-13-38-22-25(26-5-3-4-6-27(26)38)21-32-35-29-20-30(36-9-14-39-15-10-36)34-31(33-29)37-11-16-40-17-12-37/h3-8,19-22H,9-18H2,1-2H3,(H,33,34,35). The SMILES string of the molecule is Cc1ccc(C)c(OCCn2cc(C=NNc3cc(N4CCOCC4)nc(N4CCOCC4)n3)c3ccccc32)c1. The highest BCUT2D eigenvalue weighted by molar-refractivity contribution is 5.99. The Bertz CT molecular complexity index is 1470. The number of aryl methyl sites for hydroxylation is 2. The summed E-state index contributed by atoms with van der Waals surface area (Å²) in [5.74, 6) is 3.16. The quantitative estimate of drug-likeness (QED) is 0.242. The summed E-state index contributed by atoms with van der Waals surface area (Å²) in [6.07, 6.45) is 3.98. The molecule has 214 valence electrons. The molecule has 0 amide bonds. The van der Waals surface area contributed by atoms with Crippen LogP contribution in [0.15, 0.2) is 59.8 Å². The van der Waals surface area contributed by atoms with Crippen molar-refractivity contribution in [3.05, 3.63) is 71.4 Å². The van der Waals surface area contributed by atoms with E-state index in [9.17, 15) is 0 Å². The number of hydrogen-bond acceptors (Lipinski definition) is 9. The maximum absolute atomic E-state index is 6.14. The van der Waals surface area contributed by atoms with Crippen LogP contribution in [0, 0.1) is 13.8 Å². The minimum Gasteiger partial charge on any atom is -0.491 e. The zero-order chi connectivity index (χ0) is 28.0. The lowest BCUT2D eigenvalue weighted by Gasteiger charge is -2.31. The van der Waals surface area contributed by atoms with Gasteiger partial charge in [-0.1, -0.05) is 30.3 Å². The number of benzene rings is 2. The number of morpholine rings is 2. The van der Waals surface area contributed by atoms with Crippen molar-refractivity contribution in [3.8, 4) is 5.75 Å². The highest BCUT2D eigenvalue weighted by atomic mass is 16.5. The van der Waals surface area contributed by atoms with E-state index in [1.165, 1.54) is 5.56 Å². The van der Waals surface area contributed by atoms with E-state index in [2.05, 4.69) is 87.4 Å². The predicted molar refractivity (Wildman–Crippen MR) is 163 cm³/mol. The summed E-state index contributed by atoms with van der Waals surface area (Å²) in [5.41, 5.74) is 7.68. The molecule has 10 nitrogen and oxygen atoms in total. The predicted octanol–water partition coefficient (Wildman–Crippen LogP) is 4.25. The first kappa shape index (κ1) is 27.0. The third-order valence-corrected chi connectivity index (χ3v) is 7.47. The molecule has 0 radical (unpaired) electrons. The average Bonchev–Trinajstić information content (AvgIpc) is 3.37. The molecule has 0 saturated carbocycles. The molecule has 0 unspecified atom stereocenters. The average molecular weight is 556 g/mol. The van der Waals surface area contributed by atoms with E-state index in [1.54, 1.807) is 0 Å². The molecule has 2 saturated heterocycles. The smallest absolute Gasteiger partial charge is 0.229 e. The molecule has 2 fully saturated rings. The summed E-state index contributed by atoms with van der Waals surface area (Å²) >= 11 is 0. The molecule has 2 aromatic heterocycles. The Labute approximate surface area is 240 Å². The maximum Gasteiger partial charge on any atom is 0.229 e. The van der Waals surface area contributed by atoms with Gasteiger partial charge in [0, 0.05) is 54.9 Å². The van der Waals surface area contributed by atoms with Gasteiger partial charge in [0.2, 0.25) is 5.95 Å². The normalized spacial score (nSPS) is 16.0. The number of aromatic nitrogens is 3. The number of hydrogen-bond donors (Lipinski definition) is 1. The van der Waals surface area contributed by atoms with Crippen LogP contribution in [0.1, 0.15) is 16.7 Å². The number of hydrazone groups is 1. The van der Waals surface area contributed by atoms with E-state index < -0.39 is 0 Å². The fraction of sp³-hybridized carbons (Fsp3) is 0.387. The lowest BCUT2D eigenvalue weighted by molar-refractivity contribution is 0.121. The van der Waals surface area contributed by atoms with Crippen LogP contribution in [0.25, 0.3) is 10.9 Å². The van der Waals surface area contributed by atoms with Crippen LogP contribution < -0.4 is 20.0 Å². The molecule has 1 N–H and O–H groups in total. The number of ether oxygens (including phenoxy) is 3. The minimum absolute atomic E-state index is 0.577. The molecule has 2 aliphatic heterocycles. The van der Waals surface area contributed by atoms with Crippen LogP contribution in [0.5, 0.6) is 5.75 Å². The summed E-state index contributed by atoms with van der Waals surface area (Å²) < 4.78 is 19.4. The lowest BCUT2D eigenvalue weighted by Crippen LogP contribution is -2.39. The summed E-state index contributed by atoms with van der Waals surface area (Å²) in [6.45, 7) is 11.3. The first-order valence-corrected chi connectivity index (χ1v) is 14.3. The van der Waals surface area contributed by atoms with E-state index in [1.807, 2.05) is 12.3 Å². The van der Waals surface area contributed by atoms with Crippen LogP contribution in [0.3, 0.4) is 0 Å². The summed E-state index contributed by atoms with van der Waals surface area (Å²) in [7, 11) is 0. The molecule has 2 aliphatic rings. The third-order valence-electron chi connectivity index (χ3n) is 7.47. The molecule has 4 heterocycles. The molecule has 4 aromatic rings. The summed E-state index contributed by atoms with van der Waals surface area (Å²) in [6, 6.07) is 16.6. The first-order valence-electron chi connectivity index (χ1n) is 14.3. The maximum atomic E-state index is 6.14. The van der Waals surface area contributed by atoms with Crippen molar-refractivity contribution in [1.29, 1.82) is 0 Å². The van der Waals surface area contributed by atoms with Crippen molar-refractivity contribution < 1.29 is 14.2 Å². The fourth-order valence-electron chi connectivity index (χ4n) is 5.19. The lowest BCUT2D eigenvalue weighted by atomic mass is 10.1. The van der Waals surface area contributed by atoms with E-state index in [4.69, 9.17) is 24.2 Å². The third kappa shape index (κ3) is 6.44. The molecule has 10 heteroatoms. The van der Waals surface area contributed by atoms with Crippen molar-refractivity contribution in [2.24, 2.45) is 5.10 Å². The number of para-hydroxylation sites is 1. The molecule has 41 heavy (non-hydrogen) atoms. The second-order valence-corrected chi connectivity index (χ2v) is 10.4. The van der Waals surface area contributed by atoms with Gasteiger partial charge in [-0.2, -0.15) is 15.1 Å². The van der Waals surface area contributed by atoms with Crippen LogP contribution in [-0.2, 0) is 16.0 Å². The Morgan fingerprint density at radius 2 is 1.68 bits per heavy atom. The fourth-order valence-corrected chi connectivity index (χ4v) is 5.19. The highest BCUT2D eigenvalue weighted by Gasteiger charge is 2.19. The van der Waals surface area contributed by atoms with Crippen molar-refractivity contribution in [1.82, 2.24) is 14.5 Å². The van der Waals surface area contributed by atoms with Gasteiger partial charge in [-0.3, -0.25) is 5.43 Å². The molecule has 0 spiro atoms. The molecular formula is C31H37N7O3. The van der Waals surface area contributed by atoms with E-state index in [0.717, 1.165) is 66.3 Å². The second kappa shape index (κ2) is 12.6. The number of fused-ring (bicyclic) bond motifs is 1. The van der Waals surface area contributed by atoms with Gasteiger partial charge < -0.3 is 28.6 Å². The van der Waals surface area contributed by atoms with Gasteiger partial charge in [-0.25, -0.2) is 0 Å². The van der Waals surface area contributed by atoms with Crippen molar-refractivity contribution in [2.45, 2.75) is 20.4 Å². The summed E-state index contributed by atoms with van der Waals surface area (Å²) in [4.78, 5) is 14.1. The number of nitrogens with zero attached hydrogens (tertiary/aromatic N) is 6. The highest BCUT2D eigenvalue weighted by Crippen LogP contribution is 2.24. The Kier molecular flexibility index (Phi) is 8.29. The molecule has 2 aromatic carbocycles. The van der Waals surface area contributed by atoms with Crippen molar-refractivity contribution in [2.75, 3.05) is 74.4 Å². The largest absolute Gasteiger partial charge is 0.491 e. The van der Waals surface area contributed by atoms with Gasteiger partial charge in [0.1, 0.15) is 18.2 Å². The molecule has 6 rings (SSSR count). The van der Waals surface area contributed by atoms with Gasteiger partial charge in [0.15, 0.2) is 5.82 Å². The minimum atomic E-state index is 0.577. The topological polar surface area (TPSA) is 89.3 Å². The Morgan fingerprint density at radius 1 is 0.927 bits per heavy atom. The molecule has 0 aliphatic carbocycles.